The summed E-state index contributed by atoms with van der Waals surface area (Å²) in [6.07, 6.45) is 5.46. The van der Waals surface area contributed by atoms with E-state index < -0.39 is 6.09 Å². The fraction of sp³-hybridized carbons (Fsp3) is 0.538. The topological polar surface area (TPSA) is 56.7 Å². The fourth-order valence-electron chi connectivity index (χ4n) is 2.41. The van der Waals surface area contributed by atoms with Gasteiger partial charge in [0.15, 0.2) is 0 Å². The van der Waals surface area contributed by atoms with Crippen LogP contribution in [0.25, 0.3) is 0 Å². The molecule has 1 N–H and O–H groups in total. The third-order valence-electron chi connectivity index (χ3n) is 3.59. The molecule has 0 bridgehead atoms. The zero-order valence-corrected chi connectivity index (χ0v) is 11.7. The number of hydrogen-bond acceptors (Lipinski definition) is 3. The highest BCUT2D eigenvalue weighted by atomic mass is 35.5. The van der Waals surface area contributed by atoms with E-state index >= 15 is 0 Å². The van der Waals surface area contributed by atoms with Gasteiger partial charge in [0.25, 0.3) is 0 Å². The number of carbonyl (C=O) groups is 1. The maximum Gasteiger partial charge on any atom is 0.407 e. The van der Waals surface area contributed by atoms with Gasteiger partial charge in [-0.2, -0.15) is 0 Å². The van der Waals surface area contributed by atoms with Crippen LogP contribution in [0.2, 0.25) is 5.02 Å². The van der Waals surface area contributed by atoms with Gasteiger partial charge in [-0.1, -0.05) is 11.6 Å². The molecule has 104 valence electrons. The van der Waals surface area contributed by atoms with Crippen molar-refractivity contribution in [1.29, 1.82) is 0 Å². The van der Waals surface area contributed by atoms with E-state index in [1.165, 1.54) is 4.90 Å². The number of pyridine rings is 1. The molecule has 1 unspecified atom stereocenters. The summed E-state index contributed by atoms with van der Waals surface area (Å²) < 4.78 is 0. The zero-order valence-electron chi connectivity index (χ0n) is 10.9. The maximum absolute atomic E-state index is 11.1. The standard InChI is InChI=1S/C13H18ClN3O2/c1-16(13(18)19)10-4-2-3-7-17(9-10)12-8-15-6-5-11(12)14/h5-6,8,10H,2-4,7,9H2,1H3,(H,18,19). The number of halogens is 1. The van der Waals surface area contributed by atoms with Gasteiger partial charge in [-0.3, -0.25) is 4.98 Å². The Kier molecular flexibility index (Phi) is 4.47. The van der Waals surface area contributed by atoms with Crippen molar-refractivity contribution in [2.75, 3.05) is 25.0 Å². The normalized spacial score (nSPS) is 19.9. The van der Waals surface area contributed by atoms with Crippen molar-refractivity contribution < 1.29 is 9.90 Å². The predicted molar refractivity (Wildman–Crippen MR) is 74.9 cm³/mol. The molecule has 19 heavy (non-hydrogen) atoms. The Bertz CT molecular complexity index is 455. The van der Waals surface area contributed by atoms with Crippen molar-refractivity contribution in [3.8, 4) is 0 Å². The van der Waals surface area contributed by atoms with Gasteiger partial charge in [0.1, 0.15) is 0 Å². The third kappa shape index (κ3) is 3.29. The van der Waals surface area contributed by atoms with Crippen LogP contribution in [0.15, 0.2) is 18.5 Å². The molecule has 1 aliphatic heterocycles. The van der Waals surface area contributed by atoms with E-state index in [-0.39, 0.29) is 6.04 Å². The SMILES string of the molecule is CN(C(=O)O)C1CCCCN(c2cnccc2Cl)C1. The number of anilines is 1. The first kappa shape index (κ1) is 13.9. The van der Waals surface area contributed by atoms with Crippen LogP contribution in [0, 0.1) is 0 Å². The van der Waals surface area contributed by atoms with Crippen LogP contribution in [0.1, 0.15) is 19.3 Å². The summed E-state index contributed by atoms with van der Waals surface area (Å²) in [5, 5.41) is 9.77. The van der Waals surface area contributed by atoms with Gasteiger partial charge in [-0.05, 0) is 25.3 Å². The van der Waals surface area contributed by atoms with Gasteiger partial charge in [-0.25, -0.2) is 4.79 Å². The highest BCUT2D eigenvalue weighted by molar-refractivity contribution is 6.33. The van der Waals surface area contributed by atoms with Gasteiger partial charge in [0.2, 0.25) is 0 Å². The highest BCUT2D eigenvalue weighted by Crippen LogP contribution is 2.27. The molecular formula is C13H18ClN3O2. The molecule has 0 radical (unpaired) electrons. The monoisotopic (exact) mass is 283 g/mol. The Morgan fingerprint density at radius 2 is 2.37 bits per heavy atom. The first-order valence-corrected chi connectivity index (χ1v) is 6.77. The van der Waals surface area contributed by atoms with Crippen LogP contribution in [0.5, 0.6) is 0 Å². The number of carboxylic acid groups (broad SMARTS) is 1. The van der Waals surface area contributed by atoms with Gasteiger partial charge in [-0.15, -0.1) is 0 Å². The van der Waals surface area contributed by atoms with Crippen molar-refractivity contribution in [1.82, 2.24) is 9.88 Å². The molecule has 1 aromatic heterocycles. The molecule has 1 saturated heterocycles. The molecular weight excluding hydrogens is 266 g/mol. The average Bonchev–Trinajstić information content (AvgIpc) is 2.64. The van der Waals surface area contributed by atoms with E-state index in [9.17, 15) is 4.79 Å². The molecule has 0 saturated carbocycles. The van der Waals surface area contributed by atoms with Gasteiger partial charge in [0, 0.05) is 26.3 Å². The van der Waals surface area contributed by atoms with E-state index in [4.69, 9.17) is 16.7 Å². The maximum atomic E-state index is 11.1. The number of nitrogens with zero attached hydrogens (tertiary/aromatic N) is 3. The van der Waals surface area contributed by atoms with Crippen molar-refractivity contribution in [2.24, 2.45) is 0 Å². The average molecular weight is 284 g/mol. The second kappa shape index (κ2) is 6.10. The lowest BCUT2D eigenvalue weighted by molar-refractivity contribution is 0.137. The second-order valence-electron chi connectivity index (χ2n) is 4.82. The molecule has 1 amide bonds. The summed E-state index contributed by atoms with van der Waals surface area (Å²) in [5.74, 6) is 0. The van der Waals surface area contributed by atoms with Crippen molar-refractivity contribution in [3.63, 3.8) is 0 Å². The Hall–Kier alpha value is -1.49. The van der Waals surface area contributed by atoms with Gasteiger partial charge in [0.05, 0.1) is 22.9 Å². The van der Waals surface area contributed by atoms with E-state index in [0.717, 1.165) is 31.5 Å². The first-order chi connectivity index (χ1) is 9.09. The largest absolute Gasteiger partial charge is 0.465 e. The summed E-state index contributed by atoms with van der Waals surface area (Å²) in [4.78, 5) is 18.7. The van der Waals surface area contributed by atoms with Crippen LogP contribution < -0.4 is 4.90 Å². The van der Waals surface area contributed by atoms with Gasteiger partial charge >= 0.3 is 6.09 Å². The summed E-state index contributed by atoms with van der Waals surface area (Å²) in [6, 6.07) is 1.76. The summed E-state index contributed by atoms with van der Waals surface area (Å²) >= 11 is 6.19. The van der Waals surface area contributed by atoms with E-state index in [0.29, 0.717) is 11.6 Å². The number of likely N-dealkylation sites (N-methyl/N-ethyl adjacent to an activating group) is 1. The van der Waals surface area contributed by atoms with Crippen LogP contribution in [-0.4, -0.2) is 47.3 Å². The first-order valence-electron chi connectivity index (χ1n) is 6.40. The fourth-order valence-corrected chi connectivity index (χ4v) is 2.64. The number of aromatic nitrogens is 1. The molecule has 0 aromatic carbocycles. The lowest BCUT2D eigenvalue weighted by atomic mass is 10.1. The van der Waals surface area contributed by atoms with E-state index in [1.54, 1.807) is 25.5 Å². The van der Waals surface area contributed by atoms with Crippen molar-refractivity contribution in [2.45, 2.75) is 25.3 Å². The van der Waals surface area contributed by atoms with Crippen molar-refractivity contribution in [3.05, 3.63) is 23.5 Å². The third-order valence-corrected chi connectivity index (χ3v) is 3.90. The Morgan fingerprint density at radius 1 is 1.58 bits per heavy atom. The minimum absolute atomic E-state index is 0.00345. The molecule has 2 rings (SSSR count). The molecule has 1 fully saturated rings. The lowest BCUT2D eigenvalue weighted by Crippen LogP contribution is -2.43. The van der Waals surface area contributed by atoms with Crippen molar-refractivity contribution >= 4 is 23.4 Å². The number of amides is 1. The van der Waals surface area contributed by atoms with E-state index in [2.05, 4.69) is 9.88 Å². The molecule has 1 aliphatic rings. The Balaban J connectivity index is 2.17. The second-order valence-corrected chi connectivity index (χ2v) is 5.22. The molecule has 0 spiro atoms. The van der Waals surface area contributed by atoms with Gasteiger partial charge < -0.3 is 14.9 Å². The Labute approximate surface area is 117 Å². The minimum Gasteiger partial charge on any atom is -0.465 e. The smallest absolute Gasteiger partial charge is 0.407 e. The van der Waals surface area contributed by atoms with E-state index in [1.807, 2.05) is 0 Å². The Morgan fingerprint density at radius 3 is 3.05 bits per heavy atom. The molecule has 5 nitrogen and oxygen atoms in total. The van der Waals surface area contributed by atoms with Crippen LogP contribution in [0.4, 0.5) is 10.5 Å². The summed E-state index contributed by atoms with van der Waals surface area (Å²) in [7, 11) is 1.63. The lowest BCUT2D eigenvalue weighted by Gasteiger charge is -2.30. The van der Waals surface area contributed by atoms with Crippen LogP contribution in [0.3, 0.4) is 0 Å². The van der Waals surface area contributed by atoms with Crippen LogP contribution >= 0.6 is 11.6 Å². The molecule has 2 heterocycles. The number of hydrogen-bond donors (Lipinski definition) is 1. The highest BCUT2D eigenvalue weighted by Gasteiger charge is 2.25. The molecule has 0 aliphatic carbocycles. The predicted octanol–water partition coefficient (Wildman–Crippen LogP) is 2.70. The molecule has 1 atom stereocenters. The summed E-state index contributed by atoms with van der Waals surface area (Å²) in [6.45, 7) is 1.55. The molecule has 1 aromatic rings. The van der Waals surface area contributed by atoms with Crippen LogP contribution in [-0.2, 0) is 0 Å². The zero-order chi connectivity index (χ0) is 13.8. The minimum atomic E-state index is -0.885. The quantitative estimate of drug-likeness (QED) is 0.907. The number of rotatable bonds is 2. The summed E-state index contributed by atoms with van der Waals surface area (Å²) in [5.41, 5.74) is 0.884. The molecule has 6 heteroatoms.